The van der Waals surface area contributed by atoms with Gasteiger partial charge in [0, 0.05) is 13.2 Å². The fourth-order valence-corrected chi connectivity index (χ4v) is 4.93. The van der Waals surface area contributed by atoms with Gasteiger partial charge in [0.05, 0.1) is 48.6 Å². The highest BCUT2D eigenvalue weighted by atomic mass is 35.5. The number of imidazole rings is 1. The summed E-state index contributed by atoms with van der Waals surface area (Å²) in [5, 5.41) is 2.47. The molecule has 1 atom stereocenters. The number of benzene rings is 1. The predicted octanol–water partition coefficient (Wildman–Crippen LogP) is 2.65. The maximum atomic E-state index is 15.4. The van der Waals surface area contributed by atoms with E-state index in [0.29, 0.717) is 5.69 Å². The number of hydrogen-bond acceptors (Lipinski definition) is 7. The summed E-state index contributed by atoms with van der Waals surface area (Å²) in [6, 6.07) is 2.96. The van der Waals surface area contributed by atoms with E-state index in [1.807, 2.05) is 0 Å². The van der Waals surface area contributed by atoms with E-state index in [0.717, 1.165) is 18.2 Å². The Morgan fingerprint density at radius 3 is 2.79 bits per heavy atom. The second kappa shape index (κ2) is 9.16. The van der Waals surface area contributed by atoms with E-state index in [1.54, 1.807) is 4.57 Å². The summed E-state index contributed by atoms with van der Waals surface area (Å²) in [7, 11) is -1.74. The van der Waals surface area contributed by atoms with Gasteiger partial charge in [-0.2, -0.15) is 0 Å². The summed E-state index contributed by atoms with van der Waals surface area (Å²) in [4.78, 5) is 19.3. The third kappa shape index (κ3) is 4.29. The molecule has 14 heteroatoms. The molecule has 1 aliphatic rings. The van der Waals surface area contributed by atoms with E-state index >= 15 is 4.39 Å². The minimum absolute atomic E-state index is 0.0179. The first-order chi connectivity index (χ1) is 16.2. The number of methoxy groups -OCH3 is 1. The number of rotatable bonds is 6. The van der Waals surface area contributed by atoms with Crippen LogP contribution in [0.15, 0.2) is 35.6 Å². The standard InChI is InChI=1S/C20H18ClF2N5O5S/c1-24-19(29)18-13-8-33-14(7-28(13)9-26-18)16-11(22)3-4-12(17(16)23)27-34(30,31)15-5-10(21)6-25-20(15)32-2/h3-6,9,14,27H,7-8H2,1-2H3,(H,24,29)/t14-/m0/s1. The SMILES string of the molecule is CNC(=O)c1ncn2c1CO[C@H](c1c(F)ccc(NS(=O)(=O)c3cc(Cl)cnc3OC)c1F)C2. The van der Waals surface area contributed by atoms with Crippen LogP contribution in [0, 0.1) is 11.6 Å². The number of sulfonamides is 1. The van der Waals surface area contributed by atoms with Gasteiger partial charge in [0.2, 0.25) is 5.88 Å². The minimum Gasteiger partial charge on any atom is -0.480 e. The number of fused-ring (bicyclic) bond motifs is 1. The summed E-state index contributed by atoms with van der Waals surface area (Å²) in [6.07, 6.45) is 1.46. The quantitative estimate of drug-likeness (QED) is 0.519. The van der Waals surface area contributed by atoms with Crippen LogP contribution in [0.2, 0.25) is 5.02 Å². The fraction of sp³-hybridized carbons (Fsp3) is 0.250. The minimum atomic E-state index is -4.40. The molecular formula is C20H18ClF2N5O5S. The first-order valence-electron chi connectivity index (χ1n) is 9.74. The Balaban J connectivity index is 1.67. The van der Waals surface area contributed by atoms with Crippen LogP contribution in [0.3, 0.4) is 0 Å². The van der Waals surface area contributed by atoms with E-state index in [9.17, 15) is 17.6 Å². The van der Waals surface area contributed by atoms with Crippen molar-refractivity contribution in [1.82, 2.24) is 19.9 Å². The zero-order valence-corrected chi connectivity index (χ0v) is 19.4. The topological polar surface area (TPSA) is 124 Å². The highest BCUT2D eigenvalue weighted by Crippen LogP contribution is 2.35. The van der Waals surface area contributed by atoms with Crippen molar-refractivity contribution in [2.45, 2.75) is 24.2 Å². The van der Waals surface area contributed by atoms with Gasteiger partial charge in [-0.1, -0.05) is 11.6 Å². The summed E-state index contributed by atoms with van der Waals surface area (Å²) in [6.45, 7) is -0.178. The number of nitrogens with zero attached hydrogens (tertiary/aromatic N) is 3. The lowest BCUT2D eigenvalue weighted by molar-refractivity contribution is -0.00152. The molecule has 2 N–H and O–H groups in total. The molecule has 0 radical (unpaired) electrons. The lowest BCUT2D eigenvalue weighted by Gasteiger charge is -2.26. The number of anilines is 1. The summed E-state index contributed by atoms with van der Waals surface area (Å²) >= 11 is 5.85. The Labute approximate surface area is 197 Å². The molecule has 0 saturated carbocycles. The zero-order valence-electron chi connectivity index (χ0n) is 17.8. The van der Waals surface area contributed by atoms with E-state index in [1.165, 1.54) is 26.7 Å². The van der Waals surface area contributed by atoms with Crippen LogP contribution in [0.5, 0.6) is 5.88 Å². The smallest absolute Gasteiger partial charge is 0.271 e. The van der Waals surface area contributed by atoms with Gasteiger partial charge in [0.15, 0.2) is 16.4 Å². The van der Waals surface area contributed by atoms with Gasteiger partial charge in [0.25, 0.3) is 15.9 Å². The molecule has 0 bridgehead atoms. The summed E-state index contributed by atoms with van der Waals surface area (Å²) in [5.41, 5.74) is -0.386. The normalized spacial score (nSPS) is 15.5. The lowest BCUT2D eigenvalue weighted by atomic mass is 10.1. The van der Waals surface area contributed by atoms with Gasteiger partial charge in [-0.25, -0.2) is 27.2 Å². The molecule has 3 aromatic rings. The van der Waals surface area contributed by atoms with Gasteiger partial charge in [-0.05, 0) is 18.2 Å². The van der Waals surface area contributed by atoms with Crippen molar-refractivity contribution in [3.63, 3.8) is 0 Å². The monoisotopic (exact) mass is 513 g/mol. The van der Waals surface area contributed by atoms with Gasteiger partial charge >= 0.3 is 0 Å². The van der Waals surface area contributed by atoms with Crippen molar-refractivity contribution in [3.05, 3.63) is 64.3 Å². The van der Waals surface area contributed by atoms with Crippen LogP contribution in [0.4, 0.5) is 14.5 Å². The Morgan fingerprint density at radius 2 is 2.09 bits per heavy atom. The number of aromatic nitrogens is 3. The van der Waals surface area contributed by atoms with Crippen LogP contribution in [-0.2, 0) is 27.9 Å². The van der Waals surface area contributed by atoms with Crippen molar-refractivity contribution < 1.29 is 31.5 Å². The number of halogens is 3. The highest BCUT2D eigenvalue weighted by Gasteiger charge is 2.31. The predicted molar refractivity (Wildman–Crippen MR) is 116 cm³/mol. The molecular weight excluding hydrogens is 496 g/mol. The first-order valence-corrected chi connectivity index (χ1v) is 11.6. The Morgan fingerprint density at radius 1 is 1.32 bits per heavy atom. The molecule has 0 fully saturated rings. The van der Waals surface area contributed by atoms with Crippen LogP contribution in [-0.4, -0.2) is 43.0 Å². The molecule has 180 valence electrons. The Hall–Kier alpha value is -3.29. The number of carbonyl (C=O) groups excluding carboxylic acids is 1. The van der Waals surface area contributed by atoms with E-state index in [4.69, 9.17) is 21.1 Å². The average Bonchev–Trinajstić information content (AvgIpc) is 3.24. The van der Waals surface area contributed by atoms with Crippen LogP contribution >= 0.6 is 11.6 Å². The van der Waals surface area contributed by atoms with Gasteiger partial charge in [0.1, 0.15) is 11.9 Å². The van der Waals surface area contributed by atoms with Crippen molar-refractivity contribution in [2.24, 2.45) is 0 Å². The lowest BCUT2D eigenvalue weighted by Crippen LogP contribution is -2.26. The molecule has 1 aliphatic heterocycles. The van der Waals surface area contributed by atoms with Gasteiger partial charge in [-0.3, -0.25) is 9.52 Å². The van der Waals surface area contributed by atoms with Crippen molar-refractivity contribution in [1.29, 1.82) is 0 Å². The van der Waals surface area contributed by atoms with Crippen molar-refractivity contribution >= 4 is 33.2 Å². The summed E-state index contributed by atoms with van der Waals surface area (Å²) < 4.78 is 70.0. The second-order valence-corrected chi connectivity index (χ2v) is 9.25. The third-order valence-corrected chi connectivity index (χ3v) is 6.70. The van der Waals surface area contributed by atoms with Crippen LogP contribution in [0.25, 0.3) is 0 Å². The highest BCUT2D eigenvalue weighted by molar-refractivity contribution is 7.92. The van der Waals surface area contributed by atoms with E-state index < -0.39 is 49.8 Å². The molecule has 4 rings (SSSR count). The fourth-order valence-electron chi connectivity index (χ4n) is 3.51. The average molecular weight is 514 g/mol. The number of hydrogen-bond donors (Lipinski definition) is 2. The Bertz CT molecular complexity index is 1380. The molecule has 34 heavy (non-hydrogen) atoms. The van der Waals surface area contributed by atoms with Crippen molar-refractivity contribution in [2.75, 3.05) is 18.9 Å². The molecule has 2 aromatic heterocycles. The first kappa shape index (κ1) is 23.9. The molecule has 1 aromatic carbocycles. The largest absolute Gasteiger partial charge is 0.480 e. The number of carbonyl (C=O) groups is 1. The van der Waals surface area contributed by atoms with Gasteiger partial charge in [-0.15, -0.1) is 0 Å². The molecule has 1 amide bonds. The molecule has 0 spiro atoms. The molecule has 0 saturated heterocycles. The van der Waals surface area contributed by atoms with Gasteiger partial charge < -0.3 is 19.4 Å². The number of amides is 1. The molecule has 3 heterocycles. The molecule has 0 aliphatic carbocycles. The zero-order chi connectivity index (χ0) is 24.6. The Kier molecular flexibility index (Phi) is 6.43. The maximum Gasteiger partial charge on any atom is 0.271 e. The van der Waals surface area contributed by atoms with E-state index in [2.05, 4.69) is 20.0 Å². The maximum absolute atomic E-state index is 15.4. The van der Waals surface area contributed by atoms with Crippen LogP contribution in [0.1, 0.15) is 27.8 Å². The number of nitrogens with one attached hydrogen (secondary N) is 2. The van der Waals surface area contributed by atoms with Crippen molar-refractivity contribution in [3.8, 4) is 5.88 Å². The second-order valence-electron chi connectivity index (χ2n) is 7.16. The third-order valence-electron chi connectivity index (χ3n) is 5.13. The number of ether oxygens (including phenoxy) is 2. The molecule has 0 unspecified atom stereocenters. The van der Waals surface area contributed by atoms with E-state index in [-0.39, 0.29) is 29.7 Å². The number of pyridine rings is 1. The van der Waals surface area contributed by atoms with Crippen LogP contribution < -0.4 is 14.8 Å². The molecule has 10 nitrogen and oxygen atoms in total. The summed E-state index contributed by atoms with van der Waals surface area (Å²) in [5.74, 6) is -2.76.